The smallest absolute Gasteiger partial charge is 0.120 e. The highest BCUT2D eigenvalue weighted by molar-refractivity contribution is 9.10. The summed E-state index contributed by atoms with van der Waals surface area (Å²) in [6.45, 7) is 0.672. The first-order chi connectivity index (χ1) is 8.69. The average Bonchev–Trinajstić information content (AvgIpc) is 2.40. The summed E-state index contributed by atoms with van der Waals surface area (Å²) in [6.07, 6.45) is 0. The maximum atomic E-state index is 6.14. The van der Waals surface area contributed by atoms with Gasteiger partial charge in [0.15, 0.2) is 0 Å². The minimum Gasteiger partial charge on any atom is -0.497 e. The fourth-order valence-corrected chi connectivity index (χ4v) is 2.20. The number of nitrogens with one attached hydrogen (secondary N) is 1. The first-order valence-electron chi connectivity index (χ1n) is 5.51. The van der Waals surface area contributed by atoms with Crippen molar-refractivity contribution in [3.8, 4) is 5.75 Å². The van der Waals surface area contributed by atoms with Gasteiger partial charge in [-0.25, -0.2) is 0 Å². The van der Waals surface area contributed by atoms with Crippen molar-refractivity contribution < 1.29 is 4.74 Å². The van der Waals surface area contributed by atoms with Crippen molar-refractivity contribution >= 4 is 33.2 Å². The Balaban J connectivity index is 2.08. The van der Waals surface area contributed by atoms with Gasteiger partial charge in [-0.1, -0.05) is 33.6 Å². The predicted octanol–water partition coefficient (Wildman–Crippen LogP) is 4.72. The number of rotatable bonds is 4. The molecule has 0 bridgehead atoms. The van der Waals surface area contributed by atoms with Crippen LogP contribution in [0.4, 0.5) is 5.69 Å². The fourth-order valence-electron chi connectivity index (χ4n) is 1.61. The third kappa shape index (κ3) is 3.40. The summed E-state index contributed by atoms with van der Waals surface area (Å²) in [5.41, 5.74) is 2.05. The van der Waals surface area contributed by atoms with E-state index < -0.39 is 0 Å². The predicted molar refractivity (Wildman–Crippen MR) is 79.5 cm³/mol. The second-order valence-electron chi connectivity index (χ2n) is 3.82. The molecule has 2 nitrogen and oxygen atoms in total. The first-order valence-corrected chi connectivity index (χ1v) is 6.68. The number of anilines is 1. The second-order valence-corrected chi connectivity index (χ2v) is 5.14. The number of benzene rings is 2. The minimum atomic E-state index is 0.672. The summed E-state index contributed by atoms with van der Waals surface area (Å²) in [4.78, 5) is 0. The molecule has 0 unspecified atom stereocenters. The van der Waals surface area contributed by atoms with Gasteiger partial charge in [-0.2, -0.15) is 0 Å². The lowest BCUT2D eigenvalue weighted by atomic mass is 10.2. The summed E-state index contributed by atoms with van der Waals surface area (Å²) < 4.78 is 6.20. The summed E-state index contributed by atoms with van der Waals surface area (Å²) in [7, 11) is 1.66. The Labute approximate surface area is 120 Å². The largest absolute Gasteiger partial charge is 0.497 e. The Morgan fingerprint density at radius 1 is 1.22 bits per heavy atom. The average molecular weight is 327 g/mol. The van der Waals surface area contributed by atoms with E-state index in [9.17, 15) is 0 Å². The molecular formula is C14H13BrClNO. The van der Waals surface area contributed by atoms with E-state index in [0.717, 1.165) is 26.5 Å². The van der Waals surface area contributed by atoms with Gasteiger partial charge < -0.3 is 10.1 Å². The monoisotopic (exact) mass is 325 g/mol. The van der Waals surface area contributed by atoms with Crippen LogP contribution >= 0.6 is 27.5 Å². The highest BCUT2D eigenvalue weighted by Crippen LogP contribution is 2.23. The molecule has 4 heteroatoms. The molecule has 2 rings (SSSR count). The molecule has 0 aromatic heterocycles. The van der Waals surface area contributed by atoms with Gasteiger partial charge >= 0.3 is 0 Å². The van der Waals surface area contributed by atoms with Gasteiger partial charge in [-0.3, -0.25) is 0 Å². The van der Waals surface area contributed by atoms with Crippen molar-refractivity contribution in [1.82, 2.24) is 0 Å². The molecule has 0 heterocycles. The molecule has 0 amide bonds. The quantitative estimate of drug-likeness (QED) is 0.877. The van der Waals surface area contributed by atoms with Crippen LogP contribution in [0.15, 0.2) is 46.9 Å². The highest BCUT2D eigenvalue weighted by Gasteiger charge is 2.01. The molecule has 0 aliphatic heterocycles. The van der Waals surface area contributed by atoms with Crippen molar-refractivity contribution in [2.75, 3.05) is 12.4 Å². The number of hydrogen-bond donors (Lipinski definition) is 1. The van der Waals surface area contributed by atoms with Crippen molar-refractivity contribution in [3.05, 3.63) is 57.5 Å². The molecule has 0 saturated carbocycles. The Hall–Kier alpha value is -1.19. The Morgan fingerprint density at radius 2 is 2.06 bits per heavy atom. The molecule has 18 heavy (non-hydrogen) atoms. The first kappa shape index (κ1) is 13.2. The van der Waals surface area contributed by atoms with E-state index in [4.69, 9.17) is 16.3 Å². The maximum Gasteiger partial charge on any atom is 0.120 e. The third-order valence-electron chi connectivity index (χ3n) is 2.56. The number of hydrogen-bond acceptors (Lipinski definition) is 2. The van der Waals surface area contributed by atoms with E-state index >= 15 is 0 Å². The lowest BCUT2D eigenvalue weighted by molar-refractivity contribution is 0.415. The molecule has 0 fully saturated rings. The van der Waals surface area contributed by atoms with Gasteiger partial charge in [0.05, 0.1) is 7.11 Å². The molecule has 1 N–H and O–H groups in total. The van der Waals surface area contributed by atoms with E-state index in [1.165, 1.54) is 0 Å². The van der Waals surface area contributed by atoms with Crippen LogP contribution in [-0.4, -0.2) is 7.11 Å². The lowest BCUT2D eigenvalue weighted by Gasteiger charge is -2.09. The molecule has 0 aliphatic rings. The van der Waals surface area contributed by atoms with Crippen LogP contribution in [0, 0.1) is 0 Å². The molecule has 0 aliphatic carbocycles. The summed E-state index contributed by atoms with van der Waals surface area (Å²) in [5, 5.41) is 4.08. The molecule has 0 saturated heterocycles. The van der Waals surface area contributed by atoms with Gasteiger partial charge in [0.1, 0.15) is 5.75 Å². The van der Waals surface area contributed by atoms with Gasteiger partial charge in [0.25, 0.3) is 0 Å². The molecular weight excluding hydrogens is 314 g/mol. The number of methoxy groups -OCH3 is 1. The van der Waals surface area contributed by atoms with E-state index in [2.05, 4.69) is 21.2 Å². The van der Waals surface area contributed by atoms with Gasteiger partial charge in [0.2, 0.25) is 0 Å². The van der Waals surface area contributed by atoms with Crippen molar-refractivity contribution in [2.24, 2.45) is 0 Å². The van der Waals surface area contributed by atoms with Crippen LogP contribution in [0.2, 0.25) is 5.02 Å². The SMILES string of the molecule is COc1cccc(NCc2cc(Br)ccc2Cl)c1. The number of ether oxygens (including phenoxy) is 1. The van der Waals surface area contributed by atoms with E-state index in [1.54, 1.807) is 7.11 Å². The lowest BCUT2D eigenvalue weighted by Crippen LogP contribution is -2.00. The van der Waals surface area contributed by atoms with Crippen LogP contribution in [0.1, 0.15) is 5.56 Å². The molecule has 2 aromatic rings. The van der Waals surface area contributed by atoms with E-state index in [0.29, 0.717) is 6.54 Å². The molecule has 0 atom stereocenters. The second kappa shape index (κ2) is 6.12. The summed E-state index contributed by atoms with van der Waals surface area (Å²) in [5.74, 6) is 0.834. The van der Waals surface area contributed by atoms with Gasteiger partial charge in [-0.15, -0.1) is 0 Å². The molecule has 0 radical (unpaired) electrons. The van der Waals surface area contributed by atoms with Gasteiger partial charge in [0, 0.05) is 27.8 Å². The van der Waals surface area contributed by atoms with Crippen molar-refractivity contribution in [3.63, 3.8) is 0 Å². The van der Waals surface area contributed by atoms with E-state index in [-0.39, 0.29) is 0 Å². The number of halogens is 2. The molecule has 0 spiro atoms. The van der Waals surface area contributed by atoms with Crippen LogP contribution in [0.25, 0.3) is 0 Å². The van der Waals surface area contributed by atoms with Crippen LogP contribution < -0.4 is 10.1 Å². The topological polar surface area (TPSA) is 21.3 Å². The van der Waals surface area contributed by atoms with Crippen LogP contribution in [0.5, 0.6) is 5.75 Å². The standard InChI is InChI=1S/C14H13BrClNO/c1-18-13-4-2-3-12(8-13)17-9-10-7-11(15)5-6-14(10)16/h2-8,17H,9H2,1H3. The fraction of sp³-hybridized carbons (Fsp3) is 0.143. The third-order valence-corrected chi connectivity index (χ3v) is 3.42. The summed E-state index contributed by atoms with van der Waals surface area (Å²) >= 11 is 9.57. The minimum absolute atomic E-state index is 0.672. The van der Waals surface area contributed by atoms with E-state index in [1.807, 2.05) is 42.5 Å². The van der Waals surface area contributed by atoms with Gasteiger partial charge in [-0.05, 0) is 35.9 Å². The molecule has 2 aromatic carbocycles. The highest BCUT2D eigenvalue weighted by atomic mass is 79.9. The molecule has 94 valence electrons. The Bertz CT molecular complexity index is 545. The Morgan fingerprint density at radius 3 is 2.83 bits per heavy atom. The Kier molecular flexibility index (Phi) is 4.50. The zero-order valence-electron chi connectivity index (χ0n) is 9.91. The van der Waals surface area contributed by atoms with Crippen molar-refractivity contribution in [1.29, 1.82) is 0 Å². The zero-order chi connectivity index (χ0) is 13.0. The van der Waals surface area contributed by atoms with Crippen molar-refractivity contribution in [2.45, 2.75) is 6.54 Å². The zero-order valence-corrected chi connectivity index (χ0v) is 12.3. The van der Waals surface area contributed by atoms with Crippen LogP contribution in [0.3, 0.4) is 0 Å². The van der Waals surface area contributed by atoms with Crippen LogP contribution in [-0.2, 0) is 6.54 Å². The maximum absolute atomic E-state index is 6.14. The summed E-state index contributed by atoms with van der Waals surface area (Å²) in [6, 6.07) is 13.6. The normalized spacial score (nSPS) is 10.2.